The van der Waals surface area contributed by atoms with Gasteiger partial charge < -0.3 is 4.74 Å². The second kappa shape index (κ2) is 7.99. The molecular formula is C13H20BrNO3S. The molecule has 6 heteroatoms. The highest BCUT2D eigenvalue weighted by atomic mass is 79.9. The van der Waals surface area contributed by atoms with Crippen molar-refractivity contribution in [3.63, 3.8) is 0 Å². The topological polar surface area (TPSA) is 55.4 Å². The molecule has 1 aromatic rings. The maximum atomic E-state index is 12.2. The predicted molar refractivity (Wildman–Crippen MR) is 80.2 cm³/mol. The summed E-state index contributed by atoms with van der Waals surface area (Å²) in [6.07, 6.45) is 1.38. The number of methoxy groups -OCH3 is 1. The zero-order valence-electron chi connectivity index (χ0n) is 11.2. The number of nitrogens with one attached hydrogen (secondary N) is 1. The molecule has 19 heavy (non-hydrogen) atoms. The Hall–Kier alpha value is -0.430. The zero-order chi connectivity index (χ0) is 14.3. The van der Waals surface area contributed by atoms with Crippen LogP contribution in [0.3, 0.4) is 0 Å². The van der Waals surface area contributed by atoms with E-state index < -0.39 is 10.0 Å². The van der Waals surface area contributed by atoms with Crippen LogP contribution in [0.4, 0.5) is 0 Å². The van der Waals surface area contributed by atoms with E-state index in [1.165, 1.54) is 0 Å². The van der Waals surface area contributed by atoms with Crippen LogP contribution in [0.5, 0.6) is 0 Å². The van der Waals surface area contributed by atoms with Crippen molar-refractivity contribution < 1.29 is 13.2 Å². The quantitative estimate of drug-likeness (QED) is 0.732. The molecular weight excluding hydrogens is 330 g/mol. The van der Waals surface area contributed by atoms with Crippen molar-refractivity contribution in [3.05, 3.63) is 29.8 Å². The fourth-order valence-electron chi connectivity index (χ4n) is 1.73. The minimum atomic E-state index is -3.43. The summed E-state index contributed by atoms with van der Waals surface area (Å²) in [5.74, 6) is 0. The van der Waals surface area contributed by atoms with Gasteiger partial charge in [-0.25, -0.2) is 13.1 Å². The highest BCUT2D eigenvalue weighted by molar-refractivity contribution is 9.09. The van der Waals surface area contributed by atoms with E-state index in [0.29, 0.717) is 24.5 Å². The number of sulfonamides is 1. The Balaban J connectivity index is 2.95. The second-order valence-corrected chi connectivity index (χ2v) is 7.29. The van der Waals surface area contributed by atoms with Crippen LogP contribution in [0.15, 0.2) is 29.2 Å². The van der Waals surface area contributed by atoms with E-state index in [9.17, 15) is 8.42 Å². The molecule has 4 nitrogen and oxygen atoms in total. The first-order chi connectivity index (χ1) is 9.01. The van der Waals surface area contributed by atoms with Crippen LogP contribution in [0.25, 0.3) is 0 Å². The van der Waals surface area contributed by atoms with Crippen LogP contribution in [0, 0.1) is 0 Å². The van der Waals surface area contributed by atoms with Crippen molar-refractivity contribution in [2.24, 2.45) is 0 Å². The molecule has 1 aromatic carbocycles. The van der Waals surface area contributed by atoms with Gasteiger partial charge >= 0.3 is 0 Å². The molecule has 0 spiro atoms. The Morgan fingerprint density at radius 3 is 2.68 bits per heavy atom. The minimum Gasteiger partial charge on any atom is -0.384 e. The molecule has 1 rings (SSSR count). The van der Waals surface area contributed by atoms with Crippen molar-refractivity contribution in [2.45, 2.75) is 29.5 Å². The number of ether oxygens (including phenoxy) is 1. The van der Waals surface area contributed by atoms with Crippen molar-refractivity contribution in [3.8, 4) is 0 Å². The highest BCUT2D eigenvalue weighted by Crippen LogP contribution is 2.19. The molecule has 0 saturated carbocycles. The van der Waals surface area contributed by atoms with E-state index in [-0.39, 0.29) is 4.83 Å². The van der Waals surface area contributed by atoms with Gasteiger partial charge in [0.1, 0.15) is 0 Å². The van der Waals surface area contributed by atoms with Crippen molar-refractivity contribution >= 4 is 26.0 Å². The molecule has 0 amide bonds. The third-order valence-corrected chi connectivity index (χ3v) is 4.74. The number of hydrogen-bond acceptors (Lipinski definition) is 3. The molecule has 1 N–H and O–H groups in total. The third kappa shape index (κ3) is 5.22. The van der Waals surface area contributed by atoms with Crippen LogP contribution >= 0.6 is 15.9 Å². The van der Waals surface area contributed by atoms with E-state index in [1.807, 2.05) is 19.1 Å². The number of rotatable bonds is 8. The van der Waals surface area contributed by atoms with Crippen LogP contribution in [-0.2, 0) is 21.2 Å². The van der Waals surface area contributed by atoms with Gasteiger partial charge in [-0.15, -0.1) is 0 Å². The average Bonchev–Trinajstić information content (AvgIpc) is 2.37. The SMILES string of the molecule is CCCNS(=O)(=O)c1ccccc1CC(Br)COC. The first kappa shape index (κ1) is 16.6. The first-order valence-corrected chi connectivity index (χ1v) is 8.61. The van der Waals surface area contributed by atoms with Gasteiger partial charge in [-0.1, -0.05) is 41.1 Å². The molecule has 0 aliphatic carbocycles. The van der Waals surface area contributed by atoms with Crippen LogP contribution in [0.2, 0.25) is 0 Å². The Morgan fingerprint density at radius 2 is 2.05 bits per heavy atom. The summed E-state index contributed by atoms with van der Waals surface area (Å²) >= 11 is 3.49. The summed E-state index contributed by atoms with van der Waals surface area (Å²) in [6, 6.07) is 7.06. The Bertz CT molecular complexity index is 490. The van der Waals surface area contributed by atoms with Crippen molar-refractivity contribution in [1.82, 2.24) is 4.72 Å². The van der Waals surface area contributed by atoms with Gasteiger partial charge in [-0.3, -0.25) is 0 Å². The van der Waals surface area contributed by atoms with Crippen molar-refractivity contribution in [1.29, 1.82) is 0 Å². The lowest BCUT2D eigenvalue weighted by Gasteiger charge is -2.13. The number of benzene rings is 1. The average molecular weight is 350 g/mol. The van der Waals surface area contributed by atoms with Crippen LogP contribution in [-0.4, -0.2) is 33.5 Å². The molecule has 0 saturated heterocycles. The minimum absolute atomic E-state index is 0.0972. The monoisotopic (exact) mass is 349 g/mol. The van der Waals surface area contributed by atoms with Crippen LogP contribution < -0.4 is 4.72 Å². The molecule has 0 bridgehead atoms. The number of alkyl halides is 1. The standard InChI is InChI=1S/C13H20BrNO3S/c1-3-8-15-19(16,17)13-7-5-4-6-11(13)9-12(14)10-18-2/h4-7,12,15H,3,8-10H2,1-2H3. The van der Waals surface area contributed by atoms with E-state index in [4.69, 9.17) is 4.74 Å². The molecule has 1 atom stereocenters. The Kier molecular flexibility index (Phi) is 6.99. The fourth-order valence-corrected chi connectivity index (χ4v) is 3.72. The smallest absolute Gasteiger partial charge is 0.240 e. The largest absolute Gasteiger partial charge is 0.384 e. The molecule has 0 radical (unpaired) electrons. The normalized spacial score (nSPS) is 13.4. The lowest BCUT2D eigenvalue weighted by atomic mass is 10.1. The summed E-state index contributed by atoms with van der Waals surface area (Å²) in [4.78, 5) is 0.448. The summed E-state index contributed by atoms with van der Waals surface area (Å²) in [7, 11) is -1.80. The number of halogens is 1. The van der Waals surface area contributed by atoms with Gasteiger partial charge in [0.25, 0.3) is 0 Å². The van der Waals surface area contributed by atoms with E-state index >= 15 is 0 Å². The van der Waals surface area contributed by atoms with Gasteiger partial charge in [-0.2, -0.15) is 0 Å². The van der Waals surface area contributed by atoms with Gasteiger partial charge in [-0.05, 0) is 24.5 Å². The molecule has 0 aliphatic rings. The lowest BCUT2D eigenvalue weighted by Crippen LogP contribution is -2.26. The molecule has 0 aliphatic heterocycles. The van der Waals surface area contributed by atoms with E-state index in [0.717, 1.165) is 12.0 Å². The summed E-state index contributed by atoms with van der Waals surface area (Å²) in [5.41, 5.74) is 0.796. The van der Waals surface area contributed by atoms with E-state index in [2.05, 4.69) is 20.7 Å². The lowest BCUT2D eigenvalue weighted by molar-refractivity contribution is 0.200. The molecule has 0 aromatic heterocycles. The Labute approximate surface area is 123 Å². The predicted octanol–water partition coefficient (Wildman–Crippen LogP) is 2.33. The fraction of sp³-hybridized carbons (Fsp3) is 0.538. The Morgan fingerprint density at radius 1 is 1.37 bits per heavy atom. The van der Waals surface area contributed by atoms with Gasteiger partial charge in [0.15, 0.2) is 0 Å². The van der Waals surface area contributed by atoms with E-state index in [1.54, 1.807) is 19.2 Å². The van der Waals surface area contributed by atoms with Crippen LogP contribution in [0.1, 0.15) is 18.9 Å². The van der Waals surface area contributed by atoms with Gasteiger partial charge in [0.2, 0.25) is 10.0 Å². The second-order valence-electron chi connectivity index (χ2n) is 4.26. The third-order valence-electron chi connectivity index (χ3n) is 2.59. The zero-order valence-corrected chi connectivity index (χ0v) is 13.6. The summed E-state index contributed by atoms with van der Waals surface area (Å²) in [6.45, 7) is 2.92. The maximum absolute atomic E-state index is 12.2. The first-order valence-electron chi connectivity index (χ1n) is 6.21. The van der Waals surface area contributed by atoms with Gasteiger partial charge in [0.05, 0.1) is 11.5 Å². The van der Waals surface area contributed by atoms with Crippen molar-refractivity contribution in [2.75, 3.05) is 20.3 Å². The molecule has 0 heterocycles. The van der Waals surface area contributed by atoms with Gasteiger partial charge in [0, 0.05) is 18.5 Å². The molecule has 0 fully saturated rings. The molecule has 108 valence electrons. The highest BCUT2D eigenvalue weighted by Gasteiger charge is 2.18. The number of hydrogen-bond donors (Lipinski definition) is 1. The maximum Gasteiger partial charge on any atom is 0.240 e. The molecule has 1 unspecified atom stereocenters. The summed E-state index contributed by atoms with van der Waals surface area (Å²) in [5, 5.41) is 0. The summed E-state index contributed by atoms with van der Waals surface area (Å²) < 4.78 is 32.0.